The monoisotopic (exact) mass is 257 g/mol. The Hall–Kier alpha value is -2.03. The van der Waals surface area contributed by atoms with Gasteiger partial charge in [-0.1, -0.05) is 31.2 Å². The minimum absolute atomic E-state index is 0.0242. The minimum Gasteiger partial charge on any atom is -0.482 e. The molecule has 1 aliphatic rings. The third-order valence-electron chi connectivity index (χ3n) is 3.45. The lowest BCUT2D eigenvalue weighted by molar-refractivity contribution is 0.210. The van der Waals surface area contributed by atoms with E-state index < -0.39 is 0 Å². The minimum atomic E-state index is -0.249. The van der Waals surface area contributed by atoms with Crippen LogP contribution in [0.2, 0.25) is 0 Å². The first kappa shape index (κ1) is 12.0. The van der Waals surface area contributed by atoms with Crippen molar-refractivity contribution in [1.82, 2.24) is 0 Å². The van der Waals surface area contributed by atoms with Crippen molar-refractivity contribution in [2.45, 2.75) is 19.4 Å². The lowest BCUT2D eigenvalue weighted by atomic mass is 10.0. The summed E-state index contributed by atoms with van der Waals surface area (Å²) in [6.07, 6.45) is 1.01. The number of hydrogen-bond donors (Lipinski definition) is 1. The molecule has 3 heteroatoms. The molecule has 1 atom stereocenters. The standard InChI is InChI=1S/C16H16FNO/c1-2-11-3-5-12(6-4-11)16-10-18-14-9-13(17)7-8-15(14)19-16/h3-9,16,18H,2,10H2,1H3. The number of anilines is 1. The van der Waals surface area contributed by atoms with Crippen molar-refractivity contribution in [3.63, 3.8) is 0 Å². The molecule has 0 amide bonds. The molecule has 98 valence electrons. The number of ether oxygens (including phenoxy) is 1. The Morgan fingerprint density at radius 1 is 1.21 bits per heavy atom. The summed E-state index contributed by atoms with van der Waals surface area (Å²) in [4.78, 5) is 0. The Kier molecular flexibility index (Phi) is 3.11. The van der Waals surface area contributed by atoms with Crippen LogP contribution in [0.4, 0.5) is 10.1 Å². The summed E-state index contributed by atoms with van der Waals surface area (Å²) in [7, 11) is 0. The van der Waals surface area contributed by atoms with Crippen LogP contribution in [0.5, 0.6) is 5.75 Å². The van der Waals surface area contributed by atoms with Gasteiger partial charge in [0.25, 0.3) is 0 Å². The van der Waals surface area contributed by atoms with E-state index >= 15 is 0 Å². The van der Waals surface area contributed by atoms with Gasteiger partial charge in [-0.3, -0.25) is 0 Å². The lowest BCUT2D eigenvalue weighted by Crippen LogP contribution is -2.23. The molecule has 1 heterocycles. The quantitative estimate of drug-likeness (QED) is 0.880. The van der Waals surface area contributed by atoms with Crippen LogP contribution in [0.1, 0.15) is 24.2 Å². The highest BCUT2D eigenvalue weighted by molar-refractivity contribution is 5.58. The molecular formula is C16H16FNO. The summed E-state index contributed by atoms with van der Waals surface area (Å²) < 4.78 is 19.0. The molecule has 0 bridgehead atoms. The molecular weight excluding hydrogens is 241 g/mol. The molecule has 1 aliphatic heterocycles. The smallest absolute Gasteiger partial charge is 0.143 e. The third kappa shape index (κ3) is 2.41. The van der Waals surface area contributed by atoms with Gasteiger partial charge in [-0.15, -0.1) is 0 Å². The van der Waals surface area contributed by atoms with Crippen LogP contribution in [-0.4, -0.2) is 6.54 Å². The first-order chi connectivity index (χ1) is 9.26. The summed E-state index contributed by atoms with van der Waals surface area (Å²) in [6, 6.07) is 13.0. The molecule has 2 nitrogen and oxygen atoms in total. The number of hydrogen-bond acceptors (Lipinski definition) is 2. The molecule has 1 unspecified atom stereocenters. The Morgan fingerprint density at radius 2 is 2.00 bits per heavy atom. The molecule has 0 radical (unpaired) electrons. The van der Waals surface area contributed by atoms with Gasteiger partial charge in [0.05, 0.1) is 12.2 Å². The molecule has 1 N–H and O–H groups in total. The highest BCUT2D eigenvalue weighted by atomic mass is 19.1. The third-order valence-corrected chi connectivity index (χ3v) is 3.45. The van der Waals surface area contributed by atoms with Gasteiger partial charge in [-0.25, -0.2) is 4.39 Å². The number of fused-ring (bicyclic) bond motifs is 1. The first-order valence-corrected chi connectivity index (χ1v) is 6.55. The molecule has 2 aromatic rings. The Morgan fingerprint density at radius 3 is 2.74 bits per heavy atom. The van der Waals surface area contributed by atoms with E-state index in [9.17, 15) is 4.39 Å². The maximum absolute atomic E-state index is 13.1. The van der Waals surface area contributed by atoms with Gasteiger partial charge in [-0.05, 0) is 29.7 Å². The summed E-state index contributed by atoms with van der Waals surface area (Å²) >= 11 is 0. The zero-order chi connectivity index (χ0) is 13.2. The number of benzene rings is 2. The van der Waals surface area contributed by atoms with Crippen molar-refractivity contribution in [2.75, 3.05) is 11.9 Å². The van der Waals surface area contributed by atoms with Crippen LogP contribution >= 0.6 is 0 Å². The fraction of sp³-hybridized carbons (Fsp3) is 0.250. The van der Waals surface area contributed by atoms with Crippen molar-refractivity contribution in [2.24, 2.45) is 0 Å². The van der Waals surface area contributed by atoms with Gasteiger partial charge < -0.3 is 10.1 Å². The van der Waals surface area contributed by atoms with E-state index in [0.717, 1.165) is 17.7 Å². The predicted molar refractivity (Wildman–Crippen MR) is 74.1 cm³/mol. The van der Waals surface area contributed by atoms with Crippen LogP contribution in [0, 0.1) is 5.82 Å². The average molecular weight is 257 g/mol. The molecule has 2 aromatic carbocycles. The largest absolute Gasteiger partial charge is 0.482 e. The van der Waals surface area contributed by atoms with E-state index in [4.69, 9.17) is 4.74 Å². The molecule has 0 fully saturated rings. The van der Waals surface area contributed by atoms with Crippen LogP contribution in [-0.2, 0) is 6.42 Å². The molecule has 3 rings (SSSR count). The van der Waals surface area contributed by atoms with Crippen LogP contribution in [0.15, 0.2) is 42.5 Å². The molecule has 0 saturated carbocycles. The number of nitrogens with one attached hydrogen (secondary N) is 1. The maximum atomic E-state index is 13.1. The highest BCUT2D eigenvalue weighted by Gasteiger charge is 2.20. The maximum Gasteiger partial charge on any atom is 0.143 e. The fourth-order valence-electron chi connectivity index (χ4n) is 2.29. The summed E-state index contributed by atoms with van der Waals surface area (Å²) in [6.45, 7) is 2.79. The van der Waals surface area contributed by atoms with Gasteiger partial charge in [0.2, 0.25) is 0 Å². The second kappa shape index (κ2) is 4.92. The zero-order valence-corrected chi connectivity index (χ0v) is 10.8. The molecule has 0 spiro atoms. The van der Waals surface area contributed by atoms with E-state index in [1.54, 1.807) is 6.07 Å². The van der Waals surface area contributed by atoms with Gasteiger partial charge in [0, 0.05) is 6.07 Å². The van der Waals surface area contributed by atoms with Crippen molar-refractivity contribution in [3.05, 3.63) is 59.4 Å². The summed E-state index contributed by atoms with van der Waals surface area (Å²) in [5.41, 5.74) is 3.18. The molecule has 19 heavy (non-hydrogen) atoms. The second-order valence-corrected chi connectivity index (χ2v) is 4.72. The van der Waals surface area contributed by atoms with Crippen molar-refractivity contribution >= 4 is 5.69 Å². The second-order valence-electron chi connectivity index (χ2n) is 4.72. The SMILES string of the molecule is CCc1ccc(C2CNc3cc(F)ccc3O2)cc1. The van der Waals surface area contributed by atoms with E-state index in [1.165, 1.54) is 17.7 Å². The predicted octanol–water partition coefficient (Wildman–Crippen LogP) is 3.93. The Balaban J connectivity index is 1.82. The number of halogens is 1. The first-order valence-electron chi connectivity index (χ1n) is 6.55. The van der Waals surface area contributed by atoms with Crippen LogP contribution in [0.3, 0.4) is 0 Å². The van der Waals surface area contributed by atoms with E-state index in [0.29, 0.717) is 12.3 Å². The van der Waals surface area contributed by atoms with Crippen LogP contribution < -0.4 is 10.1 Å². The van der Waals surface area contributed by atoms with E-state index in [-0.39, 0.29) is 11.9 Å². The average Bonchev–Trinajstić information content (AvgIpc) is 2.47. The van der Waals surface area contributed by atoms with Crippen molar-refractivity contribution in [3.8, 4) is 5.75 Å². The Bertz CT molecular complexity index is 580. The zero-order valence-electron chi connectivity index (χ0n) is 10.8. The van der Waals surface area contributed by atoms with E-state index in [1.807, 2.05) is 0 Å². The molecule has 0 aliphatic carbocycles. The van der Waals surface area contributed by atoms with Gasteiger partial charge >= 0.3 is 0 Å². The highest BCUT2D eigenvalue weighted by Crippen LogP contribution is 2.34. The fourth-order valence-corrected chi connectivity index (χ4v) is 2.29. The molecule has 0 aromatic heterocycles. The molecule has 0 saturated heterocycles. The summed E-state index contributed by atoms with van der Waals surface area (Å²) in [5.74, 6) is 0.456. The summed E-state index contributed by atoms with van der Waals surface area (Å²) in [5, 5.41) is 3.22. The topological polar surface area (TPSA) is 21.3 Å². The lowest BCUT2D eigenvalue weighted by Gasteiger charge is -2.27. The van der Waals surface area contributed by atoms with E-state index in [2.05, 4.69) is 36.5 Å². The van der Waals surface area contributed by atoms with Crippen molar-refractivity contribution in [1.29, 1.82) is 0 Å². The number of aryl methyl sites for hydroxylation is 1. The Labute approximate surface area is 112 Å². The van der Waals surface area contributed by atoms with Gasteiger partial charge in [-0.2, -0.15) is 0 Å². The normalized spacial score (nSPS) is 17.3. The van der Waals surface area contributed by atoms with Crippen LogP contribution in [0.25, 0.3) is 0 Å². The van der Waals surface area contributed by atoms with Gasteiger partial charge in [0.1, 0.15) is 17.7 Å². The number of rotatable bonds is 2. The van der Waals surface area contributed by atoms with Crippen molar-refractivity contribution < 1.29 is 9.13 Å². The van der Waals surface area contributed by atoms with Gasteiger partial charge in [0.15, 0.2) is 0 Å².